The van der Waals surface area contributed by atoms with Gasteiger partial charge in [0.2, 0.25) is 0 Å². The molecule has 1 aromatic carbocycles. The lowest BCUT2D eigenvalue weighted by molar-refractivity contribution is -0.137. The number of carbonyl (C=O) groups is 1. The number of aromatic nitrogens is 2. The van der Waals surface area contributed by atoms with E-state index in [0.717, 1.165) is 40.4 Å². The first-order valence-corrected chi connectivity index (χ1v) is 9.59. The monoisotopic (exact) mass is 391 g/mol. The Morgan fingerprint density at radius 1 is 1.17 bits per heavy atom. The number of nitrogens with one attached hydrogen (secondary N) is 1. The van der Waals surface area contributed by atoms with Crippen LogP contribution in [0, 0.1) is 0 Å². The van der Waals surface area contributed by atoms with Crippen LogP contribution in [-0.2, 0) is 11.2 Å². The van der Waals surface area contributed by atoms with Gasteiger partial charge in [0.25, 0.3) is 0 Å². The van der Waals surface area contributed by atoms with Gasteiger partial charge in [0.1, 0.15) is 11.6 Å². The average Bonchev–Trinajstić information content (AvgIpc) is 2.74. The number of benzene rings is 1. The summed E-state index contributed by atoms with van der Waals surface area (Å²) in [6.07, 6.45) is 4.27. The summed E-state index contributed by atoms with van der Waals surface area (Å²) in [7, 11) is 1.85. The summed E-state index contributed by atoms with van der Waals surface area (Å²) in [5.41, 5.74) is 3.91. The second kappa shape index (κ2) is 9.68. The molecule has 0 aliphatic carbocycles. The Bertz CT molecular complexity index is 958. The summed E-state index contributed by atoms with van der Waals surface area (Å²) in [5, 5.41) is 12.1. The molecule has 0 spiro atoms. The lowest BCUT2D eigenvalue weighted by atomic mass is 9.91. The van der Waals surface area contributed by atoms with Crippen molar-refractivity contribution in [1.29, 1.82) is 0 Å². The van der Waals surface area contributed by atoms with Crippen LogP contribution in [0.2, 0.25) is 0 Å². The molecule has 29 heavy (non-hydrogen) atoms. The van der Waals surface area contributed by atoms with Crippen molar-refractivity contribution in [2.24, 2.45) is 0 Å². The maximum atomic E-state index is 11.1. The van der Waals surface area contributed by atoms with Crippen LogP contribution >= 0.6 is 0 Å². The van der Waals surface area contributed by atoms with Crippen LogP contribution in [-0.4, -0.2) is 34.7 Å². The van der Waals surface area contributed by atoms with E-state index in [4.69, 9.17) is 9.84 Å². The highest BCUT2D eigenvalue weighted by Crippen LogP contribution is 2.31. The number of carboxylic acid groups (broad SMARTS) is 1. The molecule has 1 unspecified atom stereocenters. The molecule has 3 aromatic rings. The van der Waals surface area contributed by atoms with Crippen molar-refractivity contribution in [3.63, 3.8) is 0 Å². The summed E-state index contributed by atoms with van der Waals surface area (Å²) in [6.45, 7) is 2.44. The second-order valence-corrected chi connectivity index (χ2v) is 6.85. The second-order valence-electron chi connectivity index (χ2n) is 6.85. The summed E-state index contributed by atoms with van der Waals surface area (Å²) in [6, 6.07) is 15.6. The SMILES string of the molecule is CNc1cccc(CCOc2ccc(-c3ccncc3C(C)CC(=O)O)cc2)n1. The van der Waals surface area contributed by atoms with E-state index in [0.29, 0.717) is 6.61 Å². The van der Waals surface area contributed by atoms with Gasteiger partial charge < -0.3 is 15.2 Å². The molecule has 1 atom stereocenters. The molecule has 0 aliphatic heterocycles. The van der Waals surface area contributed by atoms with Crippen molar-refractivity contribution in [1.82, 2.24) is 9.97 Å². The maximum absolute atomic E-state index is 11.1. The number of aliphatic carboxylic acids is 1. The molecule has 3 rings (SSSR count). The van der Waals surface area contributed by atoms with Crippen LogP contribution in [0.1, 0.15) is 30.5 Å². The van der Waals surface area contributed by atoms with Gasteiger partial charge >= 0.3 is 5.97 Å². The van der Waals surface area contributed by atoms with Crippen molar-refractivity contribution in [2.45, 2.75) is 25.7 Å². The third-order valence-corrected chi connectivity index (χ3v) is 4.72. The third kappa shape index (κ3) is 5.54. The fraction of sp³-hybridized carbons (Fsp3) is 0.261. The molecule has 0 saturated heterocycles. The Hall–Kier alpha value is -3.41. The number of pyridine rings is 2. The standard InChI is InChI=1S/C23H25N3O3/c1-16(14-23(27)28)21-15-25-12-10-20(21)17-6-8-19(9-7-17)29-13-11-18-4-3-5-22(24-2)26-18/h3-10,12,15-16H,11,13-14H2,1-2H3,(H,24,26)(H,27,28). The van der Waals surface area contributed by atoms with Gasteiger partial charge in [0, 0.05) is 31.6 Å². The summed E-state index contributed by atoms with van der Waals surface area (Å²) in [4.78, 5) is 19.7. The molecule has 0 radical (unpaired) electrons. The van der Waals surface area contributed by atoms with Crippen LogP contribution in [0.15, 0.2) is 60.9 Å². The number of hydrogen-bond donors (Lipinski definition) is 2. The Morgan fingerprint density at radius 3 is 2.69 bits per heavy atom. The van der Waals surface area contributed by atoms with Crippen molar-refractivity contribution in [2.75, 3.05) is 19.0 Å². The molecule has 150 valence electrons. The van der Waals surface area contributed by atoms with E-state index in [2.05, 4.69) is 15.3 Å². The third-order valence-electron chi connectivity index (χ3n) is 4.72. The molecule has 6 heteroatoms. The molecule has 2 heterocycles. The molecule has 2 aromatic heterocycles. The molecular formula is C23H25N3O3. The lowest BCUT2D eigenvalue weighted by Crippen LogP contribution is -2.05. The van der Waals surface area contributed by atoms with Crippen LogP contribution in [0.25, 0.3) is 11.1 Å². The Labute approximate surface area is 170 Å². The largest absolute Gasteiger partial charge is 0.493 e. The van der Waals surface area contributed by atoms with Gasteiger partial charge in [-0.05, 0) is 52.9 Å². The molecule has 0 amide bonds. The number of hydrogen-bond acceptors (Lipinski definition) is 5. The minimum absolute atomic E-state index is 0.0721. The maximum Gasteiger partial charge on any atom is 0.303 e. The lowest BCUT2D eigenvalue weighted by Gasteiger charge is -2.15. The van der Waals surface area contributed by atoms with E-state index >= 15 is 0 Å². The predicted octanol–water partition coefficient (Wildman–Crippen LogP) is 4.39. The zero-order chi connectivity index (χ0) is 20.6. The normalized spacial score (nSPS) is 11.7. The fourth-order valence-electron chi connectivity index (χ4n) is 3.20. The van der Waals surface area contributed by atoms with E-state index in [1.165, 1.54) is 0 Å². The van der Waals surface area contributed by atoms with E-state index in [1.807, 2.05) is 62.5 Å². The van der Waals surface area contributed by atoms with Gasteiger partial charge in [0.05, 0.1) is 13.0 Å². The molecule has 2 N–H and O–H groups in total. The van der Waals surface area contributed by atoms with Crippen molar-refractivity contribution in [3.8, 4) is 16.9 Å². The summed E-state index contributed by atoms with van der Waals surface area (Å²) in [5.74, 6) is 0.698. The number of nitrogens with zero attached hydrogens (tertiary/aromatic N) is 2. The topological polar surface area (TPSA) is 84.3 Å². The van der Waals surface area contributed by atoms with Crippen molar-refractivity contribution < 1.29 is 14.6 Å². The first-order chi connectivity index (χ1) is 14.1. The van der Waals surface area contributed by atoms with Crippen LogP contribution in [0.5, 0.6) is 5.75 Å². The Kier molecular flexibility index (Phi) is 6.79. The van der Waals surface area contributed by atoms with Gasteiger partial charge in [-0.25, -0.2) is 4.98 Å². The molecule has 6 nitrogen and oxygen atoms in total. The molecule has 0 fully saturated rings. The zero-order valence-corrected chi connectivity index (χ0v) is 16.6. The van der Waals surface area contributed by atoms with Gasteiger partial charge in [-0.2, -0.15) is 0 Å². The van der Waals surface area contributed by atoms with Gasteiger partial charge in [-0.3, -0.25) is 9.78 Å². The highest BCUT2D eigenvalue weighted by molar-refractivity contribution is 5.71. The van der Waals surface area contributed by atoms with E-state index < -0.39 is 5.97 Å². The molecule has 0 aliphatic rings. The quantitative estimate of drug-likeness (QED) is 0.563. The molecular weight excluding hydrogens is 366 g/mol. The van der Waals surface area contributed by atoms with E-state index in [-0.39, 0.29) is 12.3 Å². The smallest absolute Gasteiger partial charge is 0.303 e. The van der Waals surface area contributed by atoms with Crippen LogP contribution in [0.4, 0.5) is 5.82 Å². The Balaban J connectivity index is 1.65. The minimum Gasteiger partial charge on any atom is -0.493 e. The van der Waals surface area contributed by atoms with Crippen LogP contribution in [0.3, 0.4) is 0 Å². The number of carboxylic acids is 1. The predicted molar refractivity (Wildman–Crippen MR) is 113 cm³/mol. The number of rotatable bonds is 9. The van der Waals surface area contributed by atoms with E-state index in [1.54, 1.807) is 12.4 Å². The highest BCUT2D eigenvalue weighted by atomic mass is 16.5. The van der Waals surface area contributed by atoms with Crippen molar-refractivity contribution in [3.05, 3.63) is 72.2 Å². The fourth-order valence-corrected chi connectivity index (χ4v) is 3.20. The minimum atomic E-state index is -0.814. The first-order valence-electron chi connectivity index (χ1n) is 9.59. The zero-order valence-electron chi connectivity index (χ0n) is 16.6. The van der Waals surface area contributed by atoms with Gasteiger partial charge in [-0.1, -0.05) is 25.1 Å². The summed E-state index contributed by atoms with van der Waals surface area (Å²) >= 11 is 0. The number of ether oxygens (including phenoxy) is 1. The highest BCUT2D eigenvalue weighted by Gasteiger charge is 2.15. The number of anilines is 1. The first kappa shape index (κ1) is 20.3. The summed E-state index contributed by atoms with van der Waals surface area (Å²) < 4.78 is 5.85. The van der Waals surface area contributed by atoms with Crippen molar-refractivity contribution >= 4 is 11.8 Å². The van der Waals surface area contributed by atoms with E-state index in [9.17, 15) is 4.79 Å². The van der Waals surface area contributed by atoms with Gasteiger partial charge in [0.15, 0.2) is 0 Å². The molecule has 0 bridgehead atoms. The molecule has 0 saturated carbocycles. The van der Waals surface area contributed by atoms with Gasteiger partial charge in [-0.15, -0.1) is 0 Å². The Morgan fingerprint density at radius 2 is 1.97 bits per heavy atom. The average molecular weight is 391 g/mol. The van der Waals surface area contributed by atoms with Crippen LogP contribution < -0.4 is 10.1 Å².